The van der Waals surface area contributed by atoms with E-state index in [-0.39, 0.29) is 5.92 Å². The van der Waals surface area contributed by atoms with Crippen LogP contribution in [0.5, 0.6) is 5.75 Å². The minimum atomic E-state index is -3.24. The Hall–Kier alpha value is -1.08. The molecule has 29 heavy (non-hydrogen) atoms. The SMILES string of the molecule is COCCC[Si@H]1CC[C@H]([C@H]2CC[C@H](c3cc(F)c(OC(F)F)c(F)c3)CC2)CC1. The average molecular weight is 433 g/mol. The highest BCUT2D eigenvalue weighted by molar-refractivity contribution is 6.58. The van der Waals surface area contributed by atoms with Gasteiger partial charge < -0.3 is 9.47 Å². The van der Waals surface area contributed by atoms with Gasteiger partial charge in [-0.3, -0.25) is 0 Å². The minimum absolute atomic E-state index is 0.0932. The maximum atomic E-state index is 14.0. The van der Waals surface area contributed by atoms with Crippen LogP contribution in [0, 0.1) is 23.5 Å². The fourth-order valence-electron chi connectivity index (χ4n) is 5.41. The maximum absolute atomic E-state index is 14.0. The second kappa shape index (κ2) is 10.8. The summed E-state index contributed by atoms with van der Waals surface area (Å²) in [6.07, 6.45) is 7.89. The quantitative estimate of drug-likeness (QED) is 0.265. The highest BCUT2D eigenvalue weighted by atomic mass is 28.3. The van der Waals surface area contributed by atoms with E-state index in [1.54, 1.807) is 7.11 Å². The summed E-state index contributed by atoms with van der Waals surface area (Å²) in [5.41, 5.74) is 0.564. The molecule has 0 aromatic heterocycles. The zero-order valence-corrected chi connectivity index (χ0v) is 18.3. The van der Waals surface area contributed by atoms with E-state index >= 15 is 0 Å². The molecule has 0 radical (unpaired) electrons. The first-order valence-electron chi connectivity index (χ1n) is 10.9. The molecule has 1 heterocycles. The van der Waals surface area contributed by atoms with Crippen molar-refractivity contribution in [2.24, 2.45) is 11.8 Å². The van der Waals surface area contributed by atoms with Gasteiger partial charge in [0.15, 0.2) is 17.4 Å². The van der Waals surface area contributed by atoms with Gasteiger partial charge in [0.25, 0.3) is 0 Å². The lowest BCUT2D eigenvalue weighted by molar-refractivity contribution is -0.0546. The van der Waals surface area contributed by atoms with Crippen LogP contribution in [-0.2, 0) is 4.74 Å². The smallest absolute Gasteiger partial charge is 0.387 e. The summed E-state index contributed by atoms with van der Waals surface area (Å²) in [6, 6.07) is 6.62. The van der Waals surface area contributed by atoms with Crippen LogP contribution in [0.2, 0.25) is 18.1 Å². The molecule has 0 bridgehead atoms. The fraction of sp³-hybridized carbons (Fsp3) is 0.727. The van der Waals surface area contributed by atoms with Gasteiger partial charge in [0, 0.05) is 22.5 Å². The molecule has 3 rings (SSSR count). The number of ether oxygens (including phenoxy) is 2. The number of halogens is 4. The lowest BCUT2D eigenvalue weighted by atomic mass is 9.72. The lowest BCUT2D eigenvalue weighted by Gasteiger charge is -2.37. The summed E-state index contributed by atoms with van der Waals surface area (Å²) in [5.74, 6) is -1.45. The average Bonchev–Trinajstić information content (AvgIpc) is 2.71. The Balaban J connectivity index is 1.48. The van der Waals surface area contributed by atoms with Gasteiger partial charge >= 0.3 is 6.61 Å². The second-order valence-electron chi connectivity index (χ2n) is 8.72. The highest BCUT2D eigenvalue weighted by Crippen LogP contribution is 2.44. The van der Waals surface area contributed by atoms with Gasteiger partial charge in [0.05, 0.1) is 0 Å². The van der Waals surface area contributed by atoms with Crippen LogP contribution < -0.4 is 4.74 Å². The number of methoxy groups -OCH3 is 1. The number of hydrogen-bond donors (Lipinski definition) is 0. The Morgan fingerprint density at radius 3 is 2.10 bits per heavy atom. The molecule has 1 saturated carbocycles. The molecule has 2 aliphatic rings. The number of benzene rings is 1. The van der Waals surface area contributed by atoms with Gasteiger partial charge in [-0.2, -0.15) is 8.78 Å². The second-order valence-corrected chi connectivity index (χ2v) is 12.2. The molecule has 7 heteroatoms. The van der Waals surface area contributed by atoms with Gasteiger partial charge in [-0.05, 0) is 67.6 Å². The zero-order chi connectivity index (χ0) is 20.8. The van der Waals surface area contributed by atoms with Crippen molar-refractivity contribution in [2.75, 3.05) is 13.7 Å². The Morgan fingerprint density at radius 1 is 0.966 bits per heavy atom. The van der Waals surface area contributed by atoms with Gasteiger partial charge in [-0.15, -0.1) is 0 Å². The Bertz CT molecular complexity index is 619. The summed E-state index contributed by atoms with van der Waals surface area (Å²) < 4.78 is 61.8. The third-order valence-corrected chi connectivity index (χ3v) is 10.5. The number of rotatable bonds is 8. The van der Waals surface area contributed by atoms with Gasteiger partial charge in [0.2, 0.25) is 0 Å². The molecule has 1 aliphatic carbocycles. The van der Waals surface area contributed by atoms with E-state index in [2.05, 4.69) is 4.74 Å². The first kappa shape index (κ1) is 22.6. The Kier molecular flexibility index (Phi) is 8.42. The molecular weight excluding hydrogens is 400 g/mol. The van der Waals surface area contributed by atoms with Crippen LogP contribution in [-0.4, -0.2) is 29.1 Å². The van der Waals surface area contributed by atoms with Crippen molar-refractivity contribution in [3.63, 3.8) is 0 Å². The van der Waals surface area contributed by atoms with E-state index in [0.29, 0.717) is 5.56 Å². The van der Waals surface area contributed by atoms with Gasteiger partial charge in [0.1, 0.15) is 0 Å². The van der Waals surface area contributed by atoms with Crippen LogP contribution in [0.3, 0.4) is 0 Å². The standard InChI is InChI=1S/C22H32F4O2Si/c1-27-9-2-10-29-11-7-17(8-12-29)15-3-5-16(6-4-15)18-13-19(23)21(20(24)14-18)28-22(25)26/h13-17,22,29H,2-12H2,1H3/t15-,16-,17-,29-. The van der Waals surface area contributed by atoms with Crippen LogP contribution in [0.1, 0.15) is 56.4 Å². The normalized spacial score (nSPS) is 27.9. The van der Waals surface area contributed by atoms with Crippen LogP contribution in [0.4, 0.5) is 17.6 Å². The van der Waals surface area contributed by atoms with Crippen molar-refractivity contribution in [3.05, 3.63) is 29.3 Å². The molecule has 0 unspecified atom stereocenters. The molecule has 1 aromatic rings. The summed E-state index contributed by atoms with van der Waals surface area (Å²) in [6.45, 7) is -2.36. The predicted molar refractivity (Wildman–Crippen MR) is 108 cm³/mol. The highest BCUT2D eigenvalue weighted by Gasteiger charge is 2.32. The van der Waals surface area contributed by atoms with Crippen molar-refractivity contribution < 1.29 is 27.0 Å². The Labute approximate surface area is 172 Å². The topological polar surface area (TPSA) is 18.5 Å². The molecule has 164 valence electrons. The van der Waals surface area contributed by atoms with E-state index < -0.39 is 32.8 Å². The predicted octanol–water partition coefficient (Wildman–Crippen LogP) is 6.51. The van der Waals surface area contributed by atoms with Crippen molar-refractivity contribution in [1.29, 1.82) is 0 Å². The van der Waals surface area contributed by atoms with Crippen molar-refractivity contribution in [3.8, 4) is 5.75 Å². The third-order valence-electron chi connectivity index (χ3n) is 6.99. The first-order chi connectivity index (χ1) is 14.0. The fourth-order valence-corrected chi connectivity index (χ4v) is 8.81. The molecular formula is C22H32F4O2Si. The monoisotopic (exact) mass is 432 g/mol. The summed E-state index contributed by atoms with van der Waals surface area (Å²) >= 11 is 0. The first-order valence-corrected chi connectivity index (χ1v) is 13.4. The summed E-state index contributed by atoms with van der Waals surface area (Å²) in [5, 5.41) is 0. The van der Waals surface area contributed by atoms with E-state index in [0.717, 1.165) is 44.1 Å². The maximum Gasteiger partial charge on any atom is 0.387 e. The molecule has 1 saturated heterocycles. The molecule has 1 aromatic carbocycles. The molecule has 1 aliphatic heterocycles. The van der Waals surface area contributed by atoms with Crippen molar-refractivity contribution in [2.45, 2.75) is 75.6 Å². The van der Waals surface area contributed by atoms with Crippen LogP contribution >= 0.6 is 0 Å². The van der Waals surface area contributed by atoms with Crippen LogP contribution in [0.25, 0.3) is 0 Å². The van der Waals surface area contributed by atoms with Crippen LogP contribution in [0.15, 0.2) is 12.1 Å². The molecule has 0 amide bonds. The molecule has 2 nitrogen and oxygen atoms in total. The summed E-state index contributed by atoms with van der Waals surface area (Å²) in [7, 11) is 1.20. The van der Waals surface area contributed by atoms with Crippen molar-refractivity contribution >= 4 is 8.80 Å². The Morgan fingerprint density at radius 2 is 1.55 bits per heavy atom. The van der Waals surface area contributed by atoms with E-state index in [1.165, 1.54) is 49.5 Å². The third kappa shape index (κ3) is 6.20. The van der Waals surface area contributed by atoms with Gasteiger partial charge in [-0.1, -0.05) is 31.0 Å². The molecule has 0 N–H and O–H groups in total. The molecule has 2 fully saturated rings. The van der Waals surface area contributed by atoms with Crippen molar-refractivity contribution in [1.82, 2.24) is 0 Å². The number of alkyl halides is 2. The molecule has 0 atom stereocenters. The van der Waals surface area contributed by atoms with E-state index in [1.807, 2.05) is 0 Å². The van der Waals surface area contributed by atoms with Gasteiger partial charge in [-0.25, -0.2) is 8.78 Å². The zero-order valence-electron chi connectivity index (χ0n) is 17.1. The minimum Gasteiger partial charge on any atom is -0.429 e. The van der Waals surface area contributed by atoms with E-state index in [9.17, 15) is 17.6 Å². The lowest BCUT2D eigenvalue weighted by Crippen LogP contribution is -2.28. The summed E-state index contributed by atoms with van der Waals surface area (Å²) in [4.78, 5) is 0. The largest absolute Gasteiger partial charge is 0.429 e. The number of hydrogen-bond acceptors (Lipinski definition) is 2. The molecule has 0 spiro atoms. The van der Waals surface area contributed by atoms with E-state index in [4.69, 9.17) is 4.74 Å².